The first-order valence-corrected chi connectivity index (χ1v) is 12.2. The lowest BCUT2D eigenvalue weighted by atomic mass is 9.68. The molecule has 0 bridgehead atoms. The zero-order valence-electron chi connectivity index (χ0n) is 18.6. The van der Waals surface area contributed by atoms with Crippen molar-refractivity contribution in [2.45, 2.75) is 54.2 Å². The van der Waals surface area contributed by atoms with E-state index in [0.717, 1.165) is 59.9 Å². The molecule has 0 saturated heterocycles. The summed E-state index contributed by atoms with van der Waals surface area (Å²) in [4.78, 5) is 27.4. The number of aromatic hydroxyl groups is 1. The predicted molar refractivity (Wildman–Crippen MR) is 129 cm³/mol. The van der Waals surface area contributed by atoms with Gasteiger partial charge < -0.3 is 9.52 Å². The Kier molecular flexibility index (Phi) is 4.74. The fraction of sp³-hybridized carbons (Fsp3) is 0.259. The molecule has 0 unspecified atom stereocenters. The second-order valence-corrected chi connectivity index (χ2v) is 10.3. The van der Waals surface area contributed by atoms with Gasteiger partial charge in [0.2, 0.25) is 0 Å². The smallest absolute Gasteiger partial charge is 0.354 e. The summed E-state index contributed by atoms with van der Waals surface area (Å²) >= 11 is 1.07. The summed E-state index contributed by atoms with van der Waals surface area (Å²) in [5.41, 5.74) is 1.52. The van der Waals surface area contributed by atoms with Crippen LogP contribution in [0.15, 0.2) is 72.3 Å². The van der Waals surface area contributed by atoms with Crippen LogP contribution >= 0.6 is 11.8 Å². The molecule has 1 aliphatic carbocycles. The number of aryl methyl sites for hydroxylation is 1. The minimum absolute atomic E-state index is 0.0274. The first-order chi connectivity index (χ1) is 16.4. The molecule has 172 valence electrons. The molecule has 2 aromatic carbocycles. The molecular formula is C27H22FNO4S. The molecule has 1 N–H and O–H groups in total. The number of fused-ring (bicyclic) bond motifs is 6. The lowest BCUT2D eigenvalue weighted by Gasteiger charge is -2.34. The fourth-order valence-electron chi connectivity index (χ4n) is 5.63. The first-order valence-electron chi connectivity index (χ1n) is 11.4. The van der Waals surface area contributed by atoms with Gasteiger partial charge >= 0.3 is 5.63 Å². The van der Waals surface area contributed by atoms with E-state index in [4.69, 9.17) is 4.42 Å². The standard InChI is InChI=1S/C27H22FNO4S/c1-15-6-5-7-17(12-15)34-24-23(30)22-20(33-26(24)32)14-21-27(10-3-2-4-11-27)18-13-16(28)8-9-19(18)29(21)25(22)31/h5-9,12-14,30H,2-4,10-11H2,1H3. The molecule has 6 rings (SSSR count). The third-order valence-electron chi connectivity index (χ3n) is 7.13. The van der Waals surface area contributed by atoms with Crippen LogP contribution in [0.4, 0.5) is 4.39 Å². The van der Waals surface area contributed by atoms with Gasteiger partial charge in [-0.25, -0.2) is 9.18 Å². The Labute approximate surface area is 198 Å². The van der Waals surface area contributed by atoms with E-state index < -0.39 is 16.6 Å². The van der Waals surface area contributed by atoms with Gasteiger partial charge in [-0.1, -0.05) is 48.7 Å². The van der Waals surface area contributed by atoms with Gasteiger partial charge in [0.25, 0.3) is 5.56 Å². The van der Waals surface area contributed by atoms with E-state index in [0.29, 0.717) is 11.4 Å². The number of nitrogens with zero attached hydrogens (tertiary/aromatic N) is 1. The molecule has 1 spiro atoms. The molecular weight excluding hydrogens is 453 g/mol. The number of hydrogen-bond donors (Lipinski definition) is 1. The zero-order valence-corrected chi connectivity index (χ0v) is 19.4. The largest absolute Gasteiger partial charge is 0.505 e. The van der Waals surface area contributed by atoms with Gasteiger partial charge in [0.05, 0.1) is 5.69 Å². The number of pyridine rings is 1. The van der Waals surface area contributed by atoms with Crippen LogP contribution in [-0.4, -0.2) is 9.67 Å². The third kappa shape index (κ3) is 2.99. The molecule has 2 aromatic heterocycles. The zero-order chi connectivity index (χ0) is 23.6. The molecule has 1 saturated carbocycles. The molecule has 5 nitrogen and oxygen atoms in total. The molecule has 0 atom stereocenters. The fourth-order valence-corrected chi connectivity index (χ4v) is 6.58. The van der Waals surface area contributed by atoms with Crippen LogP contribution in [0.3, 0.4) is 0 Å². The average molecular weight is 476 g/mol. The van der Waals surface area contributed by atoms with Crippen LogP contribution in [0.25, 0.3) is 16.7 Å². The second-order valence-electron chi connectivity index (χ2n) is 9.20. The maximum atomic E-state index is 14.3. The van der Waals surface area contributed by atoms with Crippen LogP contribution in [0.2, 0.25) is 0 Å². The Hall–Kier alpha value is -3.32. The summed E-state index contributed by atoms with van der Waals surface area (Å²) in [5, 5.41) is 11.1. The highest BCUT2D eigenvalue weighted by Crippen LogP contribution is 2.52. The van der Waals surface area contributed by atoms with Gasteiger partial charge in [0.1, 0.15) is 21.7 Å². The minimum Gasteiger partial charge on any atom is -0.505 e. The van der Waals surface area contributed by atoms with E-state index in [1.807, 2.05) is 31.2 Å². The predicted octanol–water partition coefficient (Wildman–Crippen LogP) is 5.81. The van der Waals surface area contributed by atoms with Crippen LogP contribution in [0.5, 0.6) is 5.75 Å². The number of halogens is 1. The number of benzene rings is 2. The van der Waals surface area contributed by atoms with Gasteiger partial charge in [-0.3, -0.25) is 9.36 Å². The second kappa shape index (κ2) is 7.60. The highest BCUT2D eigenvalue weighted by molar-refractivity contribution is 7.99. The van der Waals surface area contributed by atoms with Gasteiger partial charge in [-0.05, 0) is 55.7 Å². The van der Waals surface area contributed by atoms with Crippen LogP contribution in [0, 0.1) is 12.7 Å². The van der Waals surface area contributed by atoms with Crippen molar-refractivity contribution in [3.63, 3.8) is 0 Å². The van der Waals surface area contributed by atoms with Crippen LogP contribution in [0.1, 0.15) is 48.9 Å². The summed E-state index contributed by atoms with van der Waals surface area (Å²) in [5.74, 6) is -0.730. The van der Waals surface area contributed by atoms with Crippen molar-refractivity contribution in [3.8, 4) is 11.4 Å². The van der Waals surface area contributed by atoms with Crippen molar-refractivity contribution in [3.05, 3.63) is 91.9 Å². The molecule has 34 heavy (non-hydrogen) atoms. The van der Waals surface area contributed by atoms with Crippen LogP contribution < -0.4 is 11.2 Å². The van der Waals surface area contributed by atoms with E-state index >= 15 is 0 Å². The number of aromatic nitrogens is 1. The van der Waals surface area contributed by atoms with E-state index in [9.17, 15) is 19.1 Å². The summed E-state index contributed by atoms with van der Waals surface area (Å²) in [6, 6.07) is 13.7. The van der Waals surface area contributed by atoms with E-state index in [2.05, 4.69) is 0 Å². The molecule has 7 heteroatoms. The van der Waals surface area contributed by atoms with Gasteiger partial charge in [-0.2, -0.15) is 0 Å². The Morgan fingerprint density at radius 3 is 2.62 bits per heavy atom. The monoisotopic (exact) mass is 475 g/mol. The molecule has 1 fully saturated rings. The topological polar surface area (TPSA) is 72.4 Å². The summed E-state index contributed by atoms with van der Waals surface area (Å²) in [6.45, 7) is 1.93. The van der Waals surface area contributed by atoms with E-state index in [1.54, 1.807) is 16.7 Å². The Balaban J connectivity index is 1.63. The van der Waals surface area contributed by atoms with Crippen molar-refractivity contribution < 1.29 is 13.9 Å². The molecule has 1 aliphatic heterocycles. The lowest BCUT2D eigenvalue weighted by Crippen LogP contribution is -2.31. The molecule has 0 radical (unpaired) electrons. The molecule has 3 heterocycles. The number of rotatable bonds is 2. The van der Waals surface area contributed by atoms with Crippen LogP contribution in [-0.2, 0) is 5.41 Å². The molecule has 4 aromatic rings. The third-order valence-corrected chi connectivity index (χ3v) is 8.19. The summed E-state index contributed by atoms with van der Waals surface area (Å²) in [7, 11) is 0. The van der Waals surface area contributed by atoms with E-state index in [1.165, 1.54) is 12.1 Å². The van der Waals surface area contributed by atoms with Crippen molar-refractivity contribution in [1.82, 2.24) is 4.57 Å². The van der Waals surface area contributed by atoms with E-state index in [-0.39, 0.29) is 27.4 Å². The van der Waals surface area contributed by atoms with Gasteiger partial charge in [0, 0.05) is 22.1 Å². The number of hydrogen-bond acceptors (Lipinski definition) is 5. The SMILES string of the molecule is Cc1cccc(Sc2c(O)c3c(=O)n4c(cc3oc2=O)C2(CCCCC2)c2cc(F)ccc2-4)c1. The summed E-state index contributed by atoms with van der Waals surface area (Å²) in [6.07, 6.45) is 4.57. The quantitative estimate of drug-likeness (QED) is 0.396. The Morgan fingerprint density at radius 2 is 1.85 bits per heavy atom. The van der Waals surface area contributed by atoms with Crippen molar-refractivity contribution >= 4 is 22.7 Å². The maximum Gasteiger partial charge on any atom is 0.354 e. The van der Waals surface area contributed by atoms with Gasteiger partial charge in [-0.15, -0.1) is 0 Å². The van der Waals surface area contributed by atoms with Crippen molar-refractivity contribution in [1.29, 1.82) is 0 Å². The average Bonchev–Trinajstić information content (AvgIpc) is 3.06. The highest BCUT2D eigenvalue weighted by Gasteiger charge is 2.45. The van der Waals surface area contributed by atoms with Crippen molar-refractivity contribution in [2.75, 3.05) is 0 Å². The minimum atomic E-state index is -0.694. The summed E-state index contributed by atoms with van der Waals surface area (Å²) < 4.78 is 21.5. The van der Waals surface area contributed by atoms with Crippen molar-refractivity contribution in [2.24, 2.45) is 0 Å². The highest BCUT2D eigenvalue weighted by atomic mass is 32.2. The first kappa shape index (κ1) is 21.2. The Morgan fingerprint density at radius 1 is 1.06 bits per heavy atom. The maximum absolute atomic E-state index is 14.3. The molecule has 0 amide bonds. The lowest BCUT2D eigenvalue weighted by molar-refractivity contribution is 0.345. The van der Waals surface area contributed by atoms with Gasteiger partial charge in [0.15, 0.2) is 5.75 Å². The Bertz CT molecular complexity index is 1600. The molecule has 2 aliphatic rings. The normalized spacial score (nSPS) is 16.1.